The Labute approximate surface area is 503 Å². The third kappa shape index (κ3) is 67.5. The summed E-state index contributed by atoms with van der Waals surface area (Å²) in [6.07, 6.45) is 91.0. The van der Waals surface area contributed by atoms with Crippen LogP contribution in [0.15, 0.2) is 72.9 Å². The second-order valence-electron chi connectivity index (χ2n) is 23.8. The van der Waals surface area contributed by atoms with Gasteiger partial charge in [-0.15, -0.1) is 0 Å². The van der Waals surface area contributed by atoms with E-state index in [2.05, 4.69) is 87.6 Å². The van der Waals surface area contributed by atoms with Crippen LogP contribution in [0.2, 0.25) is 0 Å². The Hall–Kier alpha value is -3.15. The zero-order valence-corrected chi connectivity index (χ0v) is 54.1. The van der Waals surface area contributed by atoms with Crippen molar-refractivity contribution >= 4 is 17.9 Å². The smallest absolute Gasteiger partial charge is 0.306 e. The van der Waals surface area contributed by atoms with E-state index in [4.69, 9.17) is 14.2 Å². The first-order chi connectivity index (χ1) is 40.0. The highest BCUT2D eigenvalue weighted by Crippen LogP contribution is 2.18. The zero-order chi connectivity index (χ0) is 58.5. The molecule has 0 N–H and O–H groups in total. The van der Waals surface area contributed by atoms with Crippen LogP contribution in [-0.4, -0.2) is 37.2 Å². The predicted molar refractivity (Wildman–Crippen MR) is 353 cm³/mol. The van der Waals surface area contributed by atoms with Crippen molar-refractivity contribution in [3.63, 3.8) is 0 Å². The van der Waals surface area contributed by atoms with E-state index in [-0.39, 0.29) is 37.5 Å². The van der Waals surface area contributed by atoms with Gasteiger partial charge >= 0.3 is 17.9 Å². The molecule has 0 rings (SSSR count). The molecule has 470 valence electrons. The minimum Gasteiger partial charge on any atom is -0.462 e. The third-order valence-electron chi connectivity index (χ3n) is 15.7. The number of rotatable bonds is 65. The molecule has 0 spiro atoms. The summed E-state index contributed by atoms with van der Waals surface area (Å²) < 4.78 is 16.9. The number of esters is 3. The fourth-order valence-corrected chi connectivity index (χ4v) is 10.5. The first-order valence-electron chi connectivity index (χ1n) is 35.4. The van der Waals surface area contributed by atoms with E-state index in [0.717, 1.165) is 77.0 Å². The summed E-state index contributed by atoms with van der Waals surface area (Å²) in [5.41, 5.74) is 0. The van der Waals surface area contributed by atoms with Crippen molar-refractivity contribution in [2.45, 2.75) is 374 Å². The first-order valence-corrected chi connectivity index (χ1v) is 35.4. The van der Waals surface area contributed by atoms with Crippen molar-refractivity contribution in [3.05, 3.63) is 72.9 Å². The lowest BCUT2D eigenvalue weighted by molar-refractivity contribution is -0.166. The molecule has 0 aromatic carbocycles. The number of hydrogen-bond acceptors (Lipinski definition) is 6. The number of allylic oxidation sites excluding steroid dienone is 12. The Kier molecular flexibility index (Phi) is 66.6. The molecule has 1 unspecified atom stereocenters. The molecule has 0 saturated heterocycles. The van der Waals surface area contributed by atoms with Crippen molar-refractivity contribution in [1.29, 1.82) is 0 Å². The molecule has 0 aliphatic heterocycles. The average Bonchev–Trinajstić information content (AvgIpc) is 3.47. The summed E-state index contributed by atoms with van der Waals surface area (Å²) in [7, 11) is 0. The molecule has 0 aromatic heterocycles. The van der Waals surface area contributed by atoms with Crippen LogP contribution in [-0.2, 0) is 28.6 Å². The van der Waals surface area contributed by atoms with Gasteiger partial charge in [-0.3, -0.25) is 14.4 Å². The van der Waals surface area contributed by atoms with Gasteiger partial charge in [0.15, 0.2) is 6.10 Å². The standard InChI is InChI=1S/C75H134O6/c1-4-7-10-13-16-19-22-25-28-30-32-33-34-35-36-37-38-39-40-41-43-44-47-50-53-56-59-62-65-68-74(77)80-71-72(70-79-73(76)67-64-61-58-55-52-49-46-27-24-21-18-15-12-9-6-3)81-75(78)69-66-63-60-57-54-51-48-45-42-31-29-26-23-20-17-14-11-8-5-2/h8,11,17,20,26,29,42,45,51,54,60,63,72H,4-7,9-10,12-16,18-19,21-25,27-28,30-41,43-44,46-50,52-53,55-59,61-62,64-71H2,1-3H3/b11-8-,20-17-,29-26-,45-42-,54-51-,63-60-. The minimum atomic E-state index is -0.815. The largest absolute Gasteiger partial charge is 0.462 e. The molecule has 6 heteroatoms. The van der Waals surface area contributed by atoms with Crippen molar-refractivity contribution in [2.75, 3.05) is 13.2 Å². The summed E-state index contributed by atoms with van der Waals surface area (Å²) >= 11 is 0. The van der Waals surface area contributed by atoms with Crippen molar-refractivity contribution in [1.82, 2.24) is 0 Å². The molecular formula is C75H134O6. The van der Waals surface area contributed by atoms with Gasteiger partial charge in [0.2, 0.25) is 0 Å². The second-order valence-corrected chi connectivity index (χ2v) is 23.8. The molecule has 0 radical (unpaired) electrons. The summed E-state index contributed by atoms with van der Waals surface area (Å²) in [6.45, 7) is 6.53. The summed E-state index contributed by atoms with van der Waals surface area (Å²) in [4.78, 5) is 38.4. The molecule has 6 nitrogen and oxygen atoms in total. The Morgan fingerprint density at radius 3 is 0.728 bits per heavy atom. The van der Waals surface area contributed by atoms with E-state index >= 15 is 0 Å². The molecule has 0 aliphatic carbocycles. The monoisotopic (exact) mass is 1130 g/mol. The van der Waals surface area contributed by atoms with Crippen LogP contribution in [0.25, 0.3) is 0 Å². The van der Waals surface area contributed by atoms with Gasteiger partial charge in [0.25, 0.3) is 0 Å². The van der Waals surface area contributed by atoms with Gasteiger partial charge in [-0.25, -0.2) is 0 Å². The highest BCUT2D eigenvalue weighted by atomic mass is 16.6. The first kappa shape index (κ1) is 77.9. The SMILES string of the molecule is CC/C=C\C/C=C\C/C=C\C/C=C\C/C=C\C/C=C\CCC(=O)OC(COC(=O)CCCCCCCCCCCCCCCCC)COC(=O)CCCCCCCCCCCCCCCCCCCCCCCCCCCCCCC. The lowest BCUT2D eigenvalue weighted by atomic mass is 10.0. The maximum atomic E-state index is 12.9. The van der Waals surface area contributed by atoms with Crippen LogP contribution < -0.4 is 0 Å². The second kappa shape index (κ2) is 69.3. The van der Waals surface area contributed by atoms with Gasteiger partial charge in [0.1, 0.15) is 13.2 Å². The Bertz CT molecular complexity index is 1490. The molecule has 1 atom stereocenters. The highest BCUT2D eigenvalue weighted by Gasteiger charge is 2.19. The van der Waals surface area contributed by atoms with Gasteiger partial charge < -0.3 is 14.2 Å². The van der Waals surface area contributed by atoms with Crippen molar-refractivity contribution in [2.24, 2.45) is 0 Å². The summed E-state index contributed by atoms with van der Waals surface area (Å²) in [5.74, 6) is -0.964. The van der Waals surface area contributed by atoms with Crippen LogP contribution in [0, 0.1) is 0 Å². The fraction of sp³-hybridized carbons (Fsp3) is 0.800. The van der Waals surface area contributed by atoms with Crippen LogP contribution in [0.1, 0.15) is 367 Å². The number of unbranched alkanes of at least 4 members (excludes halogenated alkanes) is 42. The van der Waals surface area contributed by atoms with Crippen LogP contribution >= 0.6 is 0 Å². The van der Waals surface area contributed by atoms with Gasteiger partial charge in [-0.05, 0) is 57.8 Å². The van der Waals surface area contributed by atoms with E-state index in [1.807, 2.05) is 6.08 Å². The molecule has 81 heavy (non-hydrogen) atoms. The van der Waals surface area contributed by atoms with Crippen molar-refractivity contribution < 1.29 is 28.6 Å². The average molecular weight is 1130 g/mol. The highest BCUT2D eigenvalue weighted by molar-refractivity contribution is 5.71. The number of carbonyl (C=O) groups is 3. The van der Waals surface area contributed by atoms with Crippen LogP contribution in [0.3, 0.4) is 0 Å². The van der Waals surface area contributed by atoms with Crippen LogP contribution in [0.5, 0.6) is 0 Å². The maximum absolute atomic E-state index is 12.9. The lowest BCUT2D eigenvalue weighted by Gasteiger charge is -2.18. The third-order valence-corrected chi connectivity index (χ3v) is 15.7. The topological polar surface area (TPSA) is 78.9 Å². The number of hydrogen-bond donors (Lipinski definition) is 0. The molecule has 0 aliphatic rings. The fourth-order valence-electron chi connectivity index (χ4n) is 10.5. The van der Waals surface area contributed by atoms with Gasteiger partial charge in [0.05, 0.1) is 0 Å². The van der Waals surface area contributed by atoms with E-state index in [1.54, 1.807) is 0 Å². The summed E-state index contributed by atoms with van der Waals surface area (Å²) in [6, 6.07) is 0. The number of carbonyl (C=O) groups excluding carboxylic acids is 3. The van der Waals surface area contributed by atoms with E-state index < -0.39 is 6.10 Å². The molecule has 0 saturated carbocycles. The Morgan fingerprint density at radius 1 is 0.259 bits per heavy atom. The molecule has 0 heterocycles. The number of ether oxygens (including phenoxy) is 3. The van der Waals surface area contributed by atoms with Crippen molar-refractivity contribution in [3.8, 4) is 0 Å². The normalized spacial score (nSPS) is 12.5. The van der Waals surface area contributed by atoms with E-state index in [0.29, 0.717) is 19.3 Å². The Morgan fingerprint density at radius 2 is 0.481 bits per heavy atom. The molecule has 0 bridgehead atoms. The molecule has 0 fully saturated rings. The van der Waals surface area contributed by atoms with E-state index in [1.165, 1.54) is 244 Å². The predicted octanol–water partition coefficient (Wildman–Crippen LogP) is 24.4. The molecule has 0 amide bonds. The van der Waals surface area contributed by atoms with Gasteiger partial charge in [-0.2, -0.15) is 0 Å². The Balaban J connectivity index is 4.29. The maximum Gasteiger partial charge on any atom is 0.306 e. The van der Waals surface area contributed by atoms with Gasteiger partial charge in [0, 0.05) is 19.3 Å². The van der Waals surface area contributed by atoms with Gasteiger partial charge in [-0.1, -0.05) is 363 Å². The molecule has 0 aromatic rings. The molecular weight excluding hydrogens is 997 g/mol. The van der Waals surface area contributed by atoms with E-state index in [9.17, 15) is 14.4 Å². The summed E-state index contributed by atoms with van der Waals surface area (Å²) in [5, 5.41) is 0. The zero-order valence-electron chi connectivity index (χ0n) is 54.1. The lowest BCUT2D eigenvalue weighted by Crippen LogP contribution is -2.30. The van der Waals surface area contributed by atoms with Crippen LogP contribution in [0.4, 0.5) is 0 Å². The minimum absolute atomic E-state index is 0.101. The quantitative estimate of drug-likeness (QED) is 0.0261.